The predicted molar refractivity (Wildman–Crippen MR) is 123 cm³/mol. The van der Waals surface area contributed by atoms with E-state index in [1.165, 1.54) is 34.9 Å². The zero-order valence-corrected chi connectivity index (χ0v) is 17.1. The Morgan fingerprint density at radius 3 is 2.42 bits per heavy atom. The number of rotatable bonds is 5. The maximum atomic E-state index is 13.4. The molecule has 0 aliphatic carbocycles. The lowest BCUT2D eigenvalue weighted by Gasteiger charge is -2.12. The topological polar surface area (TPSA) is 139 Å². The average molecular weight is 436 g/mol. The van der Waals surface area contributed by atoms with Gasteiger partial charge < -0.3 is 10.8 Å². The summed E-state index contributed by atoms with van der Waals surface area (Å²) in [6.45, 7) is 0. The number of benzene rings is 3. The number of carboxylic acids is 1. The SMILES string of the molecule is N#Cc1ccc(/C=C/c2nc3cc(C(N)=O)ccc3c(=O)n2-c2cccc(C(=O)O)c2)cc1. The minimum absolute atomic E-state index is 0.0191. The summed E-state index contributed by atoms with van der Waals surface area (Å²) in [5.41, 5.74) is 7.04. The third-order valence-electron chi connectivity index (χ3n) is 5.00. The third kappa shape index (κ3) is 4.24. The van der Waals surface area contributed by atoms with Crippen LogP contribution in [0.1, 0.15) is 37.7 Å². The summed E-state index contributed by atoms with van der Waals surface area (Å²) in [6.07, 6.45) is 3.32. The van der Waals surface area contributed by atoms with Crippen LogP contribution >= 0.6 is 0 Å². The molecule has 1 aromatic heterocycles. The van der Waals surface area contributed by atoms with Crippen LogP contribution < -0.4 is 11.3 Å². The number of aromatic carboxylic acids is 1. The van der Waals surface area contributed by atoms with Gasteiger partial charge in [0, 0.05) is 5.56 Å². The monoisotopic (exact) mass is 436 g/mol. The second-order valence-electron chi connectivity index (χ2n) is 7.13. The summed E-state index contributed by atoms with van der Waals surface area (Å²) in [5, 5.41) is 18.6. The smallest absolute Gasteiger partial charge is 0.335 e. The van der Waals surface area contributed by atoms with Crippen molar-refractivity contribution in [3.63, 3.8) is 0 Å². The van der Waals surface area contributed by atoms with E-state index in [0.717, 1.165) is 5.56 Å². The van der Waals surface area contributed by atoms with Crippen molar-refractivity contribution in [2.24, 2.45) is 5.73 Å². The highest BCUT2D eigenvalue weighted by atomic mass is 16.4. The van der Waals surface area contributed by atoms with Gasteiger partial charge in [0.2, 0.25) is 5.91 Å². The molecule has 0 unspecified atom stereocenters. The molecule has 0 saturated heterocycles. The average Bonchev–Trinajstić information content (AvgIpc) is 2.82. The Bertz CT molecular complexity index is 1540. The van der Waals surface area contributed by atoms with Gasteiger partial charge in [-0.25, -0.2) is 9.78 Å². The van der Waals surface area contributed by atoms with Crippen LogP contribution in [-0.2, 0) is 0 Å². The van der Waals surface area contributed by atoms with Gasteiger partial charge in [-0.1, -0.05) is 24.3 Å². The molecule has 1 heterocycles. The Kier molecular flexibility index (Phi) is 5.53. The van der Waals surface area contributed by atoms with Crippen molar-refractivity contribution in [1.29, 1.82) is 5.26 Å². The molecule has 4 rings (SSSR count). The van der Waals surface area contributed by atoms with Crippen LogP contribution in [0.5, 0.6) is 0 Å². The first-order valence-electron chi connectivity index (χ1n) is 9.76. The second-order valence-corrected chi connectivity index (χ2v) is 7.13. The van der Waals surface area contributed by atoms with Gasteiger partial charge >= 0.3 is 5.97 Å². The summed E-state index contributed by atoms with van der Waals surface area (Å²) in [4.78, 5) is 41.0. The molecule has 1 amide bonds. The largest absolute Gasteiger partial charge is 0.478 e. The second kappa shape index (κ2) is 8.61. The standard InChI is InChI=1S/C25H16N4O4/c26-14-16-6-4-15(5-7-16)8-11-22-28-21-13-17(23(27)30)9-10-20(21)24(31)29(22)19-3-1-2-18(12-19)25(32)33/h1-13H,(H2,27,30)(H,32,33)/b11-8+. The minimum Gasteiger partial charge on any atom is -0.478 e. The van der Waals surface area contributed by atoms with Crippen LogP contribution in [-0.4, -0.2) is 26.5 Å². The lowest BCUT2D eigenvalue weighted by molar-refractivity contribution is 0.0696. The molecular formula is C25H16N4O4. The fraction of sp³-hybridized carbons (Fsp3) is 0. The maximum absolute atomic E-state index is 13.4. The highest BCUT2D eigenvalue weighted by Gasteiger charge is 2.14. The maximum Gasteiger partial charge on any atom is 0.335 e. The van der Waals surface area contributed by atoms with Crippen LogP contribution in [0.4, 0.5) is 0 Å². The summed E-state index contributed by atoms with van der Waals surface area (Å²) >= 11 is 0. The summed E-state index contributed by atoms with van der Waals surface area (Å²) in [6, 6.07) is 19.2. The van der Waals surface area contributed by atoms with E-state index < -0.39 is 17.4 Å². The van der Waals surface area contributed by atoms with Crippen molar-refractivity contribution < 1.29 is 14.7 Å². The molecule has 0 radical (unpaired) electrons. The number of fused-ring (bicyclic) bond motifs is 1. The van der Waals surface area contributed by atoms with E-state index in [9.17, 15) is 19.5 Å². The lowest BCUT2D eigenvalue weighted by atomic mass is 10.1. The first kappa shape index (κ1) is 21.2. The number of amides is 1. The molecule has 0 aliphatic rings. The highest BCUT2D eigenvalue weighted by Crippen LogP contribution is 2.18. The van der Waals surface area contributed by atoms with E-state index in [4.69, 9.17) is 11.0 Å². The molecule has 33 heavy (non-hydrogen) atoms. The van der Waals surface area contributed by atoms with E-state index in [0.29, 0.717) is 11.3 Å². The van der Waals surface area contributed by atoms with Crippen LogP contribution in [0.3, 0.4) is 0 Å². The van der Waals surface area contributed by atoms with Crippen molar-refractivity contribution in [2.75, 3.05) is 0 Å². The van der Waals surface area contributed by atoms with Crippen LogP contribution in [0.25, 0.3) is 28.7 Å². The van der Waals surface area contributed by atoms with E-state index in [1.54, 1.807) is 48.6 Å². The minimum atomic E-state index is -1.13. The van der Waals surface area contributed by atoms with Gasteiger partial charge in [0.15, 0.2) is 0 Å². The normalized spacial score (nSPS) is 10.9. The van der Waals surface area contributed by atoms with Gasteiger partial charge in [-0.15, -0.1) is 0 Å². The van der Waals surface area contributed by atoms with E-state index in [1.807, 2.05) is 6.07 Å². The molecule has 0 atom stereocenters. The predicted octanol–water partition coefficient (Wildman–Crippen LogP) is 3.22. The number of carboxylic acid groups (broad SMARTS) is 1. The fourth-order valence-electron chi connectivity index (χ4n) is 3.34. The first-order valence-corrected chi connectivity index (χ1v) is 9.76. The van der Waals surface area contributed by atoms with Crippen LogP contribution in [0.15, 0.2) is 71.5 Å². The van der Waals surface area contributed by atoms with Gasteiger partial charge in [0.25, 0.3) is 5.56 Å². The molecule has 3 aromatic carbocycles. The summed E-state index contributed by atoms with van der Waals surface area (Å²) in [5.74, 6) is -1.55. The Balaban J connectivity index is 1.95. The van der Waals surface area contributed by atoms with Crippen LogP contribution in [0, 0.1) is 11.3 Å². The molecule has 0 saturated carbocycles. The van der Waals surface area contributed by atoms with E-state index in [-0.39, 0.29) is 27.9 Å². The molecule has 160 valence electrons. The van der Waals surface area contributed by atoms with Crippen molar-refractivity contribution in [1.82, 2.24) is 9.55 Å². The molecule has 0 bridgehead atoms. The zero-order chi connectivity index (χ0) is 23.5. The number of primary amides is 1. The number of hydrogen-bond acceptors (Lipinski definition) is 5. The molecule has 0 aliphatic heterocycles. The number of nitrogens with two attached hydrogens (primary N) is 1. The Morgan fingerprint density at radius 1 is 1.00 bits per heavy atom. The molecule has 3 N–H and O–H groups in total. The summed E-state index contributed by atoms with van der Waals surface area (Å²) in [7, 11) is 0. The van der Waals surface area contributed by atoms with Crippen molar-refractivity contribution in [3.05, 3.63) is 105 Å². The van der Waals surface area contributed by atoms with Gasteiger partial charge in [-0.3, -0.25) is 14.2 Å². The highest BCUT2D eigenvalue weighted by molar-refractivity contribution is 5.96. The van der Waals surface area contributed by atoms with Crippen molar-refractivity contribution in [3.8, 4) is 11.8 Å². The number of hydrogen-bond donors (Lipinski definition) is 2. The lowest BCUT2D eigenvalue weighted by Crippen LogP contribution is -2.23. The molecular weight excluding hydrogens is 420 g/mol. The zero-order valence-electron chi connectivity index (χ0n) is 17.1. The Hall–Kier alpha value is -5.03. The number of aromatic nitrogens is 2. The Morgan fingerprint density at radius 2 is 1.76 bits per heavy atom. The van der Waals surface area contributed by atoms with Crippen molar-refractivity contribution in [2.45, 2.75) is 0 Å². The van der Waals surface area contributed by atoms with Crippen LogP contribution in [0.2, 0.25) is 0 Å². The van der Waals surface area contributed by atoms with Gasteiger partial charge in [-0.05, 0) is 60.2 Å². The van der Waals surface area contributed by atoms with Gasteiger partial charge in [-0.2, -0.15) is 5.26 Å². The van der Waals surface area contributed by atoms with Crippen molar-refractivity contribution >= 4 is 34.9 Å². The quantitative estimate of drug-likeness (QED) is 0.492. The number of nitriles is 1. The van der Waals surface area contributed by atoms with E-state index in [2.05, 4.69) is 4.98 Å². The molecule has 0 fully saturated rings. The molecule has 8 nitrogen and oxygen atoms in total. The molecule has 8 heteroatoms. The van der Waals surface area contributed by atoms with Gasteiger partial charge in [0.1, 0.15) is 5.82 Å². The molecule has 0 spiro atoms. The Labute approximate surface area is 187 Å². The number of carbonyl (C=O) groups is 2. The summed E-state index contributed by atoms with van der Waals surface area (Å²) < 4.78 is 1.30. The number of nitrogens with zero attached hydrogens (tertiary/aromatic N) is 3. The molecule has 4 aromatic rings. The van der Waals surface area contributed by atoms with Gasteiger partial charge in [0.05, 0.1) is 33.8 Å². The first-order chi connectivity index (χ1) is 15.9. The van der Waals surface area contributed by atoms with E-state index >= 15 is 0 Å². The number of carbonyl (C=O) groups excluding carboxylic acids is 1. The third-order valence-corrected chi connectivity index (χ3v) is 5.00. The fourth-order valence-corrected chi connectivity index (χ4v) is 3.34.